The molecule has 4 rings (SSSR count). The Balaban J connectivity index is 1.38. The maximum Gasteiger partial charge on any atom is 0.271 e. The van der Waals surface area contributed by atoms with Crippen LogP contribution in [0.3, 0.4) is 0 Å². The Labute approximate surface area is 188 Å². The third-order valence-electron chi connectivity index (χ3n) is 5.16. The van der Waals surface area contributed by atoms with Gasteiger partial charge in [-0.3, -0.25) is 14.9 Å². The van der Waals surface area contributed by atoms with Crippen LogP contribution in [0.2, 0.25) is 5.02 Å². The summed E-state index contributed by atoms with van der Waals surface area (Å²) in [6, 6.07) is 13.8. The first-order chi connectivity index (χ1) is 15.0. The van der Waals surface area contributed by atoms with Crippen molar-refractivity contribution in [2.24, 2.45) is 0 Å². The molecule has 1 amide bonds. The fraction of sp³-hybridized carbons (Fsp3) is 0.286. The van der Waals surface area contributed by atoms with Gasteiger partial charge in [-0.2, -0.15) is 0 Å². The number of nitrogens with zero attached hydrogens (tertiary/aromatic N) is 4. The number of aromatic nitrogens is 3. The van der Waals surface area contributed by atoms with Crippen molar-refractivity contribution in [1.82, 2.24) is 14.8 Å². The van der Waals surface area contributed by atoms with Crippen LogP contribution in [-0.4, -0.2) is 31.3 Å². The average molecular weight is 458 g/mol. The summed E-state index contributed by atoms with van der Waals surface area (Å²) >= 11 is 7.28. The number of nitro benzene ring substituents is 1. The van der Waals surface area contributed by atoms with Crippen LogP contribution >= 0.6 is 23.4 Å². The Morgan fingerprint density at radius 1 is 1.26 bits per heavy atom. The number of hydrogen-bond acceptors (Lipinski definition) is 6. The number of nitrogens with one attached hydrogen (secondary N) is 1. The quantitative estimate of drug-likeness (QED) is 0.294. The van der Waals surface area contributed by atoms with Gasteiger partial charge in [-0.15, -0.1) is 10.2 Å². The van der Waals surface area contributed by atoms with Gasteiger partial charge in [0.15, 0.2) is 5.16 Å². The zero-order valence-corrected chi connectivity index (χ0v) is 18.3. The molecule has 3 aromatic rings. The lowest BCUT2D eigenvalue weighted by Gasteiger charge is -2.08. The van der Waals surface area contributed by atoms with E-state index in [9.17, 15) is 14.9 Å². The smallest absolute Gasteiger partial charge is 0.271 e. The van der Waals surface area contributed by atoms with Crippen LogP contribution in [0.5, 0.6) is 0 Å². The van der Waals surface area contributed by atoms with Crippen molar-refractivity contribution in [3.63, 3.8) is 0 Å². The SMILES string of the molecule is CCn1c(SCC(=O)Nc2cccc([N+](=O)[O-])c2)nnc1C1CC1c1ccc(Cl)cc1. The summed E-state index contributed by atoms with van der Waals surface area (Å²) in [4.78, 5) is 22.7. The molecule has 2 atom stereocenters. The van der Waals surface area contributed by atoms with Crippen LogP contribution in [0.4, 0.5) is 11.4 Å². The first-order valence-corrected chi connectivity index (χ1v) is 11.2. The molecule has 160 valence electrons. The Bertz CT molecular complexity index is 1120. The molecule has 0 radical (unpaired) electrons. The van der Waals surface area contributed by atoms with Gasteiger partial charge < -0.3 is 9.88 Å². The Kier molecular flexibility index (Phi) is 6.24. The largest absolute Gasteiger partial charge is 0.325 e. The van der Waals surface area contributed by atoms with E-state index in [1.54, 1.807) is 6.07 Å². The Morgan fingerprint density at radius 3 is 2.74 bits per heavy atom. The second-order valence-corrected chi connectivity index (χ2v) is 8.61. The number of benzene rings is 2. The highest BCUT2D eigenvalue weighted by atomic mass is 35.5. The van der Waals surface area contributed by atoms with E-state index in [0.717, 1.165) is 17.3 Å². The van der Waals surface area contributed by atoms with Crippen molar-refractivity contribution in [3.8, 4) is 0 Å². The molecule has 1 fully saturated rings. The predicted octanol–water partition coefficient (Wildman–Crippen LogP) is 4.86. The number of amides is 1. The van der Waals surface area contributed by atoms with Gasteiger partial charge in [-0.05, 0) is 43.0 Å². The first-order valence-electron chi connectivity index (χ1n) is 9.82. The highest BCUT2D eigenvalue weighted by Gasteiger charge is 2.43. The zero-order chi connectivity index (χ0) is 22.0. The molecule has 1 heterocycles. The molecule has 1 aliphatic rings. The van der Waals surface area contributed by atoms with Gasteiger partial charge in [0.05, 0.1) is 10.7 Å². The molecule has 10 heteroatoms. The van der Waals surface area contributed by atoms with Crippen LogP contribution in [0.15, 0.2) is 53.7 Å². The van der Waals surface area contributed by atoms with Crippen LogP contribution in [0, 0.1) is 10.1 Å². The minimum absolute atomic E-state index is 0.0690. The van der Waals surface area contributed by atoms with Crippen molar-refractivity contribution in [2.45, 2.75) is 36.9 Å². The molecule has 0 spiro atoms. The fourth-order valence-electron chi connectivity index (χ4n) is 3.56. The van der Waals surface area contributed by atoms with E-state index < -0.39 is 4.92 Å². The van der Waals surface area contributed by atoms with Crippen molar-refractivity contribution < 1.29 is 9.72 Å². The Hall–Kier alpha value is -2.91. The molecule has 0 saturated heterocycles. The number of hydrogen-bond donors (Lipinski definition) is 1. The summed E-state index contributed by atoms with van der Waals surface area (Å²) in [5, 5.41) is 23.7. The second-order valence-electron chi connectivity index (χ2n) is 7.23. The second kappa shape index (κ2) is 9.07. The van der Waals surface area contributed by atoms with E-state index >= 15 is 0 Å². The van der Waals surface area contributed by atoms with Crippen molar-refractivity contribution in [2.75, 3.05) is 11.1 Å². The van der Waals surface area contributed by atoms with Crippen molar-refractivity contribution in [1.29, 1.82) is 0 Å². The van der Waals surface area contributed by atoms with Gasteiger partial charge in [-0.25, -0.2) is 0 Å². The van der Waals surface area contributed by atoms with Gasteiger partial charge in [0.2, 0.25) is 5.91 Å². The Morgan fingerprint density at radius 2 is 2.03 bits per heavy atom. The molecule has 8 nitrogen and oxygen atoms in total. The number of carbonyl (C=O) groups excluding carboxylic acids is 1. The van der Waals surface area contributed by atoms with E-state index in [1.165, 1.54) is 35.5 Å². The number of thioether (sulfide) groups is 1. The lowest BCUT2D eigenvalue weighted by molar-refractivity contribution is -0.384. The molecular weight excluding hydrogens is 438 g/mol. The van der Waals surface area contributed by atoms with E-state index in [-0.39, 0.29) is 17.3 Å². The van der Waals surface area contributed by atoms with Crippen LogP contribution in [0.1, 0.15) is 36.6 Å². The number of anilines is 1. The zero-order valence-electron chi connectivity index (χ0n) is 16.7. The van der Waals surface area contributed by atoms with Gasteiger partial charge in [0.1, 0.15) is 5.82 Å². The molecular formula is C21H20ClN5O3S. The maximum absolute atomic E-state index is 12.3. The minimum Gasteiger partial charge on any atom is -0.325 e. The van der Waals surface area contributed by atoms with Crippen molar-refractivity contribution >= 4 is 40.6 Å². The molecule has 2 unspecified atom stereocenters. The molecule has 1 N–H and O–H groups in total. The molecule has 1 saturated carbocycles. The third-order valence-corrected chi connectivity index (χ3v) is 6.37. The van der Waals surface area contributed by atoms with Crippen LogP contribution in [-0.2, 0) is 11.3 Å². The van der Waals surface area contributed by atoms with E-state index in [0.29, 0.717) is 29.2 Å². The maximum atomic E-state index is 12.3. The summed E-state index contributed by atoms with van der Waals surface area (Å²) in [6.07, 6.45) is 1.01. The summed E-state index contributed by atoms with van der Waals surface area (Å²) < 4.78 is 2.05. The van der Waals surface area contributed by atoms with Crippen LogP contribution in [0.25, 0.3) is 0 Å². The van der Waals surface area contributed by atoms with Crippen molar-refractivity contribution in [3.05, 3.63) is 75.1 Å². The number of carbonyl (C=O) groups is 1. The number of halogens is 1. The first kappa shape index (κ1) is 21.3. The summed E-state index contributed by atoms with van der Waals surface area (Å²) in [5.41, 5.74) is 1.56. The minimum atomic E-state index is -0.495. The lowest BCUT2D eigenvalue weighted by Crippen LogP contribution is -2.14. The van der Waals surface area contributed by atoms with Gasteiger partial charge in [0, 0.05) is 35.3 Å². The van der Waals surface area contributed by atoms with E-state index in [4.69, 9.17) is 11.6 Å². The third kappa shape index (κ3) is 4.88. The molecule has 1 aromatic heterocycles. The standard InChI is InChI=1S/C21H20ClN5O3S/c1-2-26-20(18-11-17(18)13-6-8-14(22)9-7-13)24-25-21(26)31-12-19(28)23-15-4-3-5-16(10-15)27(29)30/h3-10,17-18H,2,11-12H2,1H3,(H,23,28). The normalized spacial score (nSPS) is 17.4. The number of non-ortho nitro benzene ring substituents is 1. The fourth-order valence-corrected chi connectivity index (χ4v) is 4.50. The molecule has 1 aliphatic carbocycles. The van der Waals surface area contributed by atoms with Gasteiger partial charge in [0.25, 0.3) is 5.69 Å². The van der Waals surface area contributed by atoms with Gasteiger partial charge >= 0.3 is 0 Å². The predicted molar refractivity (Wildman–Crippen MR) is 120 cm³/mol. The topological polar surface area (TPSA) is 103 Å². The number of nitro groups is 1. The summed E-state index contributed by atoms with van der Waals surface area (Å²) in [7, 11) is 0. The van der Waals surface area contributed by atoms with Crippen LogP contribution < -0.4 is 5.32 Å². The molecule has 0 bridgehead atoms. The monoisotopic (exact) mass is 457 g/mol. The number of rotatable bonds is 8. The molecule has 31 heavy (non-hydrogen) atoms. The molecule has 2 aromatic carbocycles. The van der Waals surface area contributed by atoms with E-state index in [1.807, 2.05) is 35.8 Å². The summed E-state index contributed by atoms with van der Waals surface area (Å²) in [6.45, 7) is 2.74. The summed E-state index contributed by atoms with van der Waals surface area (Å²) in [5.74, 6) is 1.52. The lowest BCUT2D eigenvalue weighted by atomic mass is 10.1. The highest BCUT2D eigenvalue weighted by molar-refractivity contribution is 7.99. The van der Waals surface area contributed by atoms with Gasteiger partial charge in [-0.1, -0.05) is 41.6 Å². The van der Waals surface area contributed by atoms with E-state index in [2.05, 4.69) is 15.5 Å². The highest BCUT2D eigenvalue weighted by Crippen LogP contribution is 2.54. The average Bonchev–Trinajstić information content (AvgIpc) is 3.44. The molecule has 0 aliphatic heterocycles.